The summed E-state index contributed by atoms with van der Waals surface area (Å²) in [6.45, 7) is 0. The average molecular weight is 422 g/mol. The van der Waals surface area contributed by atoms with E-state index in [1.807, 2.05) is 72.8 Å². The van der Waals surface area contributed by atoms with Gasteiger partial charge in [0.15, 0.2) is 11.5 Å². The molecule has 30 heavy (non-hydrogen) atoms. The third-order valence-electron chi connectivity index (χ3n) is 5.18. The first-order valence-corrected chi connectivity index (χ1v) is 11.2. The molecule has 6 heteroatoms. The van der Waals surface area contributed by atoms with Crippen LogP contribution in [0.1, 0.15) is 28.3 Å². The second-order valence-electron chi connectivity index (χ2n) is 7.00. The predicted molar refractivity (Wildman–Crippen MR) is 118 cm³/mol. The molecule has 0 bridgehead atoms. The van der Waals surface area contributed by atoms with E-state index < -0.39 is 16.1 Å². The predicted octanol–water partition coefficient (Wildman–Crippen LogP) is 4.61. The van der Waals surface area contributed by atoms with Crippen LogP contribution in [0.2, 0.25) is 0 Å². The second-order valence-corrected chi connectivity index (χ2v) is 8.88. The summed E-state index contributed by atoms with van der Waals surface area (Å²) in [5.41, 5.74) is 3.25. The van der Waals surface area contributed by atoms with E-state index in [-0.39, 0.29) is 5.75 Å². The van der Waals surface area contributed by atoms with Crippen molar-refractivity contribution in [1.82, 2.24) is 4.31 Å². The lowest BCUT2D eigenvalue weighted by atomic mass is 9.91. The Hall–Kier alpha value is -3.25. The zero-order valence-corrected chi connectivity index (χ0v) is 17.7. The quantitative estimate of drug-likeness (QED) is 0.583. The molecule has 0 fully saturated rings. The van der Waals surface area contributed by atoms with Gasteiger partial charge in [-0.2, -0.15) is 0 Å². The first kappa shape index (κ1) is 20.0. The highest BCUT2D eigenvalue weighted by molar-refractivity contribution is 7.88. The average Bonchev–Trinajstić information content (AvgIpc) is 2.78. The molecule has 1 aliphatic heterocycles. The topological polar surface area (TPSA) is 55.8 Å². The minimum absolute atomic E-state index is 0.0941. The van der Waals surface area contributed by atoms with E-state index in [1.54, 1.807) is 26.5 Å². The van der Waals surface area contributed by atoms with Crippen molar-refractivity contribution in [3.8, 4) is 11.5 Å². The second kappa shape index (κ2) is 8.24. The highest BCUT2D eigenvalue weighted by Gasteiger charge is 2.36. The summed E-state index contributed by atoms with van der Waals surface area (Å²) < 4.78 is 39.6. The van der Waals surface area contributed by atoms with Crippen molar-refractivity contribution in [2.24, 2.45) is 0 Å². The third kappa shape index (κ3) is 3.66. The van der Waals surface area contributed by atoms with E-state index in [4.69, 9.17) is 9.47 Å². The van der Waals surface area contributed by atoms with Crippen LogP contribution in [0.25, 0.3) is 6.08 Å². The fourth-order valence-electron chi connectivity index (χ4n) is 3.82. The summed E-state index contributed by atoms with van der Waals surface area (Å²) in [6, 6.07) is 22.0. The Morgan fingerprint density at radius 3 is 2.17 bits per heavy atom. The lowest BCUT2D eigenvalue weighted by Gasteiger charge is -2.35. The standard InChI is InChI=1S/C24H23NO4S/c1-28-21-14-13-19-15-16-25(30(26,27)17-18-9-5-3-6-10-18)23(22(19)24(21)29-2)20-11-7-4-8-12-20/h3-16,23H,17H2,1-2H3. The number of rotatable bonds is 6. The lowest BCUT2D eigenvalue weighted by molar-refractivity contribution is 0.342. The summed E-state index contributed by atoms with van der Waals surface area (Å²) in [7, 11) is -0.526. The number of ether oxygens (including phenoxy) is 2. The normalized spacial score (nSPS) is 15.5. The fourth-order valence-corrected chi connectivity index (χ4v) is 5.38. The Kier molecular flexibility index (Phi) is 5.50. The number of fused-ring (bicyclic) bond motifs is 1. The Morgan fingerprint density at radius 1 is 0.867 bits per heavy atom. The van der Waals surface area contributed by atoms with Crippen LogP contribution in [0.5, 0.6) is 11.5 Å². The number of sulfonamides is 1. The van der Waals surface area contributed by atoms with Gasteiger partial charge in [0, 0.05) is 11.8 Å². The van der Waals surface area contributed by atoms with Gasteiger partial charge in [-0.3, -0.25) is 4.31 Å². The van der Waals surface area contributed by atoms with Gasteiger partial charge in [0.25, 0.3) is 0 Å². The molecule has 1 heterocycles. The first-order chi connectivity index (χ1) is 14.5. The van der Waals surface area contributed by atoms with Gasteiger partial charge < -0.3 is 9.47 Å². The number of nitrogens with zero attached hydrogens (tertiary/aromatic N) is 1. The van der Waals surface area contributed by atoms with E-state index in [9.17, 15) is 8.42 Å². The molecule has 154 valence electrons. The monoisotopic (exact) mass is 421 g/mol. The molecule has 5 nitrogen and oxygen atoms in total. The van der Waals surface area contributed by atoms with Gasteiger partial charge in [-0.05, 0) is 28.8 Å². The van der Waals surface area contributed by atoms with Gasteiger partial charge in [0.2, 0.25) is 10.0 Å². The van der Waals surface area contributed by atoms with E-state index in [2.05, 4.69) is 0 Å². The van der Waals surface area contributed by atoms with Crippen LogP contribution in [0.15, 0.2) is 79.0 Å². The smallest absolute Gasteiger partial charge is 0.239 e. The van der Waals surface area contributed by atoms with Gasteiger partial charge in [-0.15, -0.1) is 0 Å². The highest BCUT2D eigenvalue weighted by atomic mass is 32.2. The Labute approximate surface area is 177 Å². The number of hydrogen-bond acceptors (Lipinski definition) is 4. The zero-order chi connectivity index (χ0) is 21.1. The fraction of sp³-hybridized carbons (Fsp3) is 0.167. The molecule has 0 saturated carbocycles. The van der Waals surface area contributed by atoms with Gasteiger partial charge in [0.1, 0.15) is 0 Å². The maximum Gasteiger partial charge on any atom is 0.239 e. The lowest BCUT2D eigenvalue weighted by Crippen LogP contribution is -2.34. The molecular formula is C24H23NO4S. The van der Waals surface area contributed by atoms with Gasteiger partial charge >= 0.3 is 0 Å². The van der Waals surface area contributed by atoms with Crippen molar-refractivity contribution in [2.75, 3.05) is 14.2 Å². The molecule has 0 amide bonds. The number of benzene rings is 3. The van der Waals surface area contributed by atoms with Crippen LogP contribution >= 0.6 is 0 Å². The van der Waals surface area contributed by atoms with Crippen LogP contribution in [-0.2, 0) is 15.8 Å². The molecule has 1 atom stereocenters. The maximum absolute atomic E-state index is 13.5. The zero-order valence-electron chi connectivity index (χ0n) is 16.9. The van der Waals surface area contributed by atoms with Gasteiger partial charge in [0.05, 0.1) is 26.0 Å². The minimum Gasteiger partial charge on any atom is -0.493 e. The van der Waals surface area contributed by atoms with Crippen molar-refractivity contribution >= 4 is 16.1 Å². The van der Waals surface area contributed by atoms with Crippen LogP contribution in [0.4, 0.5) is 0 Å². The first-order valence-electron chi connectivity index (χ1n) is 9.58. The molecule has 0 aliphatic carbocycles. The van der Waals surface area contributed by atoms with E-state index in [1.165, 1.54) is 4.31 Å². The molecule has 0 saturated heterocycles. The van der Waals surface area contributed by atoms with Crippen LogP contribution < -0.4 is 9.47 Å². The molecule has 0 aromatic heterocycles. The molecule has 3 aromatic rings. The maximum atomic E-state index is 13.5. The molecular weight excluding hydrogens is 398 g/mol. The largest absolute Gasteiger partial charge is 0.493 e. The van der Waals surface area contributed by atoms with E-state index in [0.717, 1.165) is 22.3 Å². The van der Waals surface area contributed by atoms with E-state index >= 15 is 0 Å². The molecule has 1 aliphatic rings. The molecule has 0 N–H and O–H groups in total. The van der Waals surface area contributed by atoms with Crippen LogP contribution in [-0.4, -0.2) is 26.9 Å². The highest BCUT2D eigenvalue weighted by Crippen LogP contribution is 2.46. The summed E-state index contributed by atoms with van der Waals surface area (Å²) in [4.78, 5) is 0. The van der Waals surface area contributed by atoms with Crippen molar-refractivity contribution < 1.29 is 17.9 Å². The van der Waals surface area contributed by atoms with Crippen molar-refractivity contribution in [3.63, 3.8) is 0 Å². The number of hydrogen-bond donors (Lipinski definition) is 0. The van der Waals surface area contributed by atoms with Crippen molar-refractivity contribution in [2.45, 2.75) is 11.8 Å². The van der Waals surface area contributed by atoms with Crippen LogP contribution in [0.3, 0.4) is 0 Å². The Bertz CT molecular complexity index is 1160. The summed E-state index contributed by atoms with van der Waals surface area (Å²) >= 11 is 0. The summed E-state index contributed by atoms with van der Waals surface area (Å²) in [6.07, 6.45) is 3.45. The minimum atomic E-state index is -3.67. The Balaban J connectivity index is 1.88. The molecule has 3 aromatic carbocycles. The molecule has 0 spiro atoms. The molecule has 4 rings (SSSR count). The van der Waals surface area contributed by atoms with Crippen molar-refractivity contribution in [1.29, 1.82) is 0 Å². The summed E-state index contributed by atoms with van der Waals surface area (Å²) in [5.74, 6) is 1.00. The van der Waals surface area contributed by atoms with Gasteiger partial charge in [-0.1, -0.05) is 66.7 Å². The summed E-state index contributed by atoms with van der Waals surface area (Å²) in [5, 5.41) is 0. The third-order valence-corrected chi connectivity index (χ3v) is 6.85. The molecule has 1 unspecified atom stereocenters. The number of methoxy groups -OCH3 is 2. The molecule has 0 radical (unpaired) electrons. The van der Waals surface area contributed by atoms with Crippen molar-refractivity contribution in [3.05, 3.63) is 101 Å². The Morgan fingerprint density at radius 2 is 1.53 bits per heavy atom. The van der Waals surface area contributed by atoms with Crippen LogP contribution in [0, 0.1) is 0 Å². The van der Waals surface area contributed by atoms with Gasteiger partial charge in [-0.25, -0.2) is 8.42 Å². The SMILES string of the molecule is COc1ccc2c(c1OC)C(c1ccccc1)N(S(=O)(=O)Cc1ccccc1)C=C2. The van der Waals surface area contributed by atoms with E-state index in [0.29, 0.717) is 11.5 Å².